The van der Waals surface area contributed by atoms with Crippen LogP contribution in [-0.2, 0) is 16.0 Å². The minimum Gasteiger partial charge on any atom is -0.493 e. The molecular weight excluding hydrogens is 512 g/mol. The molecule has 3 rings (SSSR count). The Labute approximate surface area is 236 Å². The molecule has 0 radical (unpaired) electrons. The van der Waals surface area contributed by atoms with E-state index in [-0.39, 0.29) is 28.8 Å². The number of carbonyl (C=O) groups excluding carboxylic acids is 2. The van der Waals surface area contributed by atoms with Crippen LogP contribution in [0.25, 0.3) is 11.1 Å². The van der Waals surface area contributed by atoms with Crippen LogP contribution >= 0.6 is 0 Å². The van der Waals surface area contributed by atoms with Gasteiger partial charge in [0, 0.05) is 25.6 Å². The normalized spacial score (nSPS) is 14.9. The highest BCUT2D eigenvalue weighted by Gasteiger charge is 2.30. The fourth-order valence-corrected chi connectivity index (χ4v) is 5.04. The molecule has 0 saturated carbocycles. The van der Waals surface area contributed by atoms with Gasteiger partial charge in [0.2, 0.25) is 23.0 Å². The maximum absolute atomic E-state index is 13.6. The van der Waals surface area contributed by atoms with Crippen LogP contribution in [0.3, 0.4) is 0 Å². The zero-order chi connectivity index (χ0) is 29.6. The summed E-state index contributed by atoms with van der Waals surface area (Å²) in [6, 6.07) is 5.96. The Bertz CT molecular complexity index is 1290. The first-order valence-electron chi connectivity index (χ1n) is 13.5. The van der Waals surface area contributed by atoms with E-state index < -0.39 is 12.1 Å². The van der Waals surface area contributed by atoms with Crippen LogP contribution in [-0.4, -0.2) is 71.3 Å². The van der Waals surface area contributed by atoms with Gasteiger partial charge in [0.1, 0.15) is 6.04 Å². The Morgan fingerprint density at radius 1 is 1.05 bits per heavy atom. The topological polar surface area (TPSA) is 118 Å². The summed E-state index contributed by atoms with van der Waals surface area (Å²) in [7, 11) is 8.55. The molecule has 0 saturated heterocycles. The number of carbonyl (C=O) groups is 2. The lowest BCUT2D eigenvalue weighted by atomic mass is 9.95. The number of likely N-dealkylation sites (N-methyl/N-ethyl adjacent to an activating group) is 1. The van der Waals surface area contributed by atoms with Crippen molar-refractivity contribution in [1.29, 1.82) is 0 Å². The molecule has 218 valence electrons. The number of hydrogen-bond acceptors (Lipinski definition) is 8. The number of aryl methyl sites for hydroxylation is 1. The predicted octanol–water partition coefficient (Wildman–Crippen LogP) is 2.98. The molecule has 0 aliphatic heterocycles. The van der Waals surface area contributed by atoms with E-state index in [1.165, 1.54) is 6.92 Å². The van der Waals surface area contributed by atoms with E-state index in [0.29, 0.717) is 48.7 Å². The molecule has 40 heavy (non-hydrogen) atoms. The number of hydrogen-bond donors (Lipinski definition) is 3. The smallest absolute Gasteiger partial charge is 0.242 e. The average molecular weight is 555 g/mol. The molecule has 0 spiro atoms. The van der Waals surface area contributed by atoms with Gasteiger partial charge in [-0.15, -0.1) is 0 Å². The first kappa shape index (κ1) is 30.7. The van der Waals surface area contributed by atoms with Gasteiger partial charge in [-0.3, -0.25) is 14.4 Å². The lowest BCUT2D eigenvalue weighted by Crippen LogP contribution is -2.45. The minimum atomic E-state index is -0.616. The Balaban J connectivity index is 2.18. The molecule has 0 aromatic heterocycles. The lowest BCUT2D eigenvalue weighted by Gasteiger charge is -2.22. The maximum Gasteiger partial charge on any atom is 0.242 e. The molecule has 1 aliphatic rings. The summed E-state index contributed by atoms with van der Waals surface area (Å²) in [4.78, 5) is 40.8. The van der Waals surface area contributed by atoms with Gasteiger partial charge in [-0.05, 0) is 67.7 Å². The van der Waals surface area contributed by atoms with Crippen LogP contribution in [0.1, 0.15) is 44.4 Å². The van der Waals surface area contributed by atoms with Crippen molar-refractivity contribution >= 4 is 17.5 Å². The number of benzene rings is 1. The monoisotopic (exact) mass is 554 g/mol. The molecule has 0 unspecified atom stereocenters. The van der Waals surface area contributed by atoms with Gasteiger partial charge in [-0.25, -0.2) is 0 Å². The number of nitrogens with one attached hydrogen (secondary N) is 3. The maximum atomic E-state index is 13.6. The molecule has 2 aromatic rings. The highest BCUT2D eigenvalue weighted by molar-refractivity contribution is 5.86. The Hall–Kier alpha value is -3.79. The number of ether oxygens (including phenoxy) is 3. The molecule has 0 bridgehead atoms. The summed E-state index contributed by atoms with van der Waals surface area (Å²) in [6.07, 6.45) is 1.17. The molecule has 2 amide bonds. The average Bonchev–Trinajstić information content (AvgIpc) is 3.14. The molecule has 2 atom stereocenters. The second kappa shape index (κ2) is 13.5. The molecule has 0 fully saturated rings. The number of methoxy groups -OCH3 is 3. The van der Waals surface area contributed by atoms with Gasteiger partial charge >= 0.3 is 0 Å². The summed E-state index contributed by atoms with van der Waals surface area (Å²) in [6.45, 7) is 6.52. The number of nitrogens with zero attached hydrogens (tertiary/aromatic N) is 1. The van der Waals surface area contributed by atoms with Crippen LogP contribution in [0.2, 0.25) is 0 Å². The number of amides is 2. The van der Waals surface area contributed by atoms with Crippen molar-refractivity contribution in [3.05, 3.63) is 45.6 Å². The zero-order valence-corrected chi connectivity index (χ0v) is 24.8. The van der Waals surface area contributed by atoms with Crippen molar-refractivity contribution in [3.63, 3.8) is 0 Å². The van der Waals surface area contributed by atoms with Crippen LogP contribution in [0.4, 0.5) is 5.69 Å². The third-order valence-corrected chi connectivity index (χ3v) is 7.03. The molecular formula is C30H42N4O6. The third kappa shape index (κ3) is 6.85. The van der Waals surface area contributed by atoms with Crippen molar-refractivity contribution in [1.82, 2.24) is 15.5 Å². The molecule has 1 aliphatic carbocycles. The van der Waals surface area contributed by atoms with Gasteiger partial charge in [-0.1, -0.05) is 19.9 Å². The first-order chi connectivity index (χ1) is 19.0. The van der Waals surface area contributed by atoms with Crippen LogP contribution in [0.15, 0.2) is 29.1 Å². The summed E-state index contributed by atoms with van der Waals surface area (Å²) in [5.41, 5.74) is 3.10. The lowest BCUT2D eigenvalue weighted by molar-refractivity contribution is -0.122. The minimum absolute atomic E-state index is 0.0771. The highest BCUT2D eigenvalue weighted by Crippen LogP contribution is 2.50. The van der Waals surface area contributed by atoms with E-state index >= 15 is 0 Å². The molecule has 10 heteroatoms. The van der Waals surface area contributed by atoms with Crippen LogP contribution in [0, 0.1) is 5.92 Å². The molecule has 10 nitrogen and oxygen atoms in total. The number of fused-ring (bicyclic) bond motifs is 3. The molecule has 0 heterocycles. The number of rotatable bonds is 11. The van der Waals surface area contributed by atoms with Gasteiger partial charge < -0.3 is 35.1 Å². The van der Waals surface area contributed by atoms with Crippen molar-refractivity contribution < 1.29 is 23.8 Å². The summed E-state index contributed by atoms with van der Waals surface area (Å²) in [5, 5.41) is 9.15. The van der Waals surface area contributed by atoms with Crippen LogP contribution in [0.5, 0.6) is 17.2 Å². The largest absolute Gasteiger partial charge is 0.493 e. The van der Waals surface area contributed by atoms with Gasteiger partial charge in [0.15, 0.2) is 11.5 Å². The second-order valence-electron chi connectivity index (χ2n) is 10.6. The Morgan fingerprint density at radius 3 is 2.33 bits per heavy atom. The third-order valence-electron chi connectivity index (χ3n) is 7.03. The van der Waals surface area contributed by atoms with E-state index in [1.54, 1.807) is 33.5 Å². The van der Waals surface area contributed by atoms with E-state index in [0.717, 1.165) is 16.7 Å². The quantitative estimate of drug-likeness (QED) is 0.388. The Morgan fingerprint density at radius 2 is 1.75 bits per heavy atom. The van der Waals surface area contributed by atoms with Crippen molar-refractivity contribution in [2.24, 2.45) is 5.92 Å². The number of anilines is 1. The Kier molecular flexibility index (Phi) is 10.4. The fourth-order valence-electron chi connectivity index (χ4n) is 5.04. The van der Waals surface area contributed by atoms with Gasteiger partial charge in [-0.2, -0.15) is 0 Å². The van der Waals surface area contributed by atoms with E-state index in [2.05, 4.69) is 16.0 Å². The highest BCUT2D eigenvalue weighted by atomic mass is 16.5. The zero-order valence-electron chi connectivity index (χ0n) is 24.8. The standard InChI is InChI=1S/C30H42N4O6/c1-17(2)27(30(37)31-13-14-34(4)5)33-23-12-10-20-21(16-24(23)36)22(32-18(3)35)11-9-19-15-25(38-6)28(39-7)29(40-8)26(19)20/h10,12,15-17,22,27H,9,11,13-14H2,1-8H3,(H,31,37)(H,32,35)(H,33,36)/t22-,27-/m0/s1. The summed E-state index contributed by atoms with van der Waals surface area (Å²) < 4.78 is 17.1. The SMILES string of the molecule is COc1cc2c(c(OC)c1OC)-c1ccc(N[C@H](C(=O)NCCN(C)C)C(C)C)c(=O)cc1[C@@H](NC(C)=O)CC2. The predicted molar refractivity (Wildman–Crippen MR) is 156 cm³/mol. The second-order valence-corrected chi connectivity index (χ2v) is 10.6. The van der Waals surface area contributed by atoms with E-state index in [9.17, 15) is 14.4 Å². The van der Waals surface area contributed by atoms with Crippen LogP contribution < -0.4 is 35.6 Å². The molecule has 2 aromatic carbocycles. The fraction of sp³-hybridized carbons (Fsp3) is 0.500. The van der Waals surface area contributed by atoms with Crippen molar-refractivity contribution in [3.8, 4) is 28.4 Å². The van der Waals surface area contributed by atoms with Crippen molar-refractivity contribution in [2.75, 3.05) is 53.8 Å². The first-order valence-corrected chi connectivity index (χ1v) is 13.5. The van der Waals surface area contributed by atoms with E-state index in [1.807, 2.05) is 45.0 Å². The summed E-state index contributed by atoms with van der Waals surface area (Å²) in [5.74, 6) is 1.00. The summed E-state index contributed by atoms with van der Waals surface area (Å²) >= 11 is 0. The molecule has 3 N–H and O–H groups in total. The van der Waals surface area contributed by atoms with E-state index in [4.69, 9.17) is 14.2 Å². The van der Waals surface area contributed by atoms with Gasteiger partial charge in [0.05, 0.1) is 33.1 Å². The van der Waals surface area contributed by atoms with Gasteiger partial charge in [0.25, 0.3) is 0 Å². The van der Waals surface area contributed by atoms with Crippen molar-refractivity contribution in [2.45, 2.75) is 45.7 Å².